The summed E-state index contributed by atoms with van der Waals surface area (Å²) in [6.45, 7) is 3.55. The van der Waals surface area contributed by atoms with Crippen LogP contribution in [0.2, 0.25) is 0 Å². The van der Waals surface area contributed by atoms with Gasteiger partial charge < -0.3 is 0 Å². The average Bonchev–Trinajstić information content (AvgIpc) is 2.24. The lowest BCUT2D eigenvalue weighted by Gasteiger charge is -2.11. The number of alkyl halides is 3. The van der Waals surface area contributed by atoms with Crippen molar-refractivity contribution in [3.8, 4) is 0 Å². The summed E-state index contributed by atoms with van der Waals surface area (Å²) >= 11 is 0. The molecule has 0 atom stereocenters. The van der Waals surface area contributed by atoms with Crippen molar-refractivity contribution in [2.24, 2.45) is 0 Å². The van der Waals surface area contributed by atoms with Crippen LogP contribution in [-0.4, -0.2) is 5.78 Å². The lowest BCUT2D eigenvalue weighted by atomic mass is 10.00. The lowest BCUT2D eigenvalue weighted by molar-refractivity contribution is -0.137. The first-order valence-electron chi connectivity index (χ1n) is 4.95. The zero-order chi connectivity index (χ0) is 12.2. The standard InChI is InChI=1S/C12H12F3O/c1-2-3-8-11(16)9-6-4-5-7-10(9)12(13,14)15/h4-7H,1-3,8H2. The van der Waals surface area contributed by atoms with E-state index in [9.17, 15) is 18.0 Å². The molecule has 16 heavy (non-hydrogen) atoms. The maximum Gasteiger partial charge on any atom is 0.417 e. The van der Waals surface area contributed by atoms with Gasteiger partial charge in [-0.3, -0.25) is 4.79 Å². The number of Topliss-reactive ketones (excluding diaryl/α,β-unsaturated/α-hetero) is 1. The molecule has 0 bridgehead atoms. The van der Waals surface area contributed by atoms with Crippen molar-refractivity contribution >= 4 is 5.78 Å². The zero-order valence-corrected chi connectivity index (χ0v) is 8.68. The predicted octanol–water partition coefficient (Wildman–Crippen LogP) is 3.89. The minimum atomic E-state index is -4.48. The zero-order valence-electron chi connectivity index (χ0n) is 8.68. The van der Waals surface area contributed by atoms with Crippen LogP contribution in [0, 0.1) is 6.92 Å². The number of rotatable bonds is 4. The number of carbonyl (C=O) groups excluding carboxylic acids is 1. The Labute approximate surface area is 92.3 Å². The van der Waals surface area contributed by atoms with Gasteiger partial charge in [0.1, 0.15) is 0 Å². The van der Waals surface area contributed by atoms with E-state index >= 15 is 0 Å². The maximum atomic E-state index is 12.6. The van der Waals surface area contributed by atoms with E-state index in [1.807, 2.05) is 0 Å². The molecule has 4 heteroatoms. The Morgan fingerprint density at radius 1 is 1.25 bits per heavy atom. The molecule has 1 aromatic rings. The lowest BCUT2D eigenvalue weighted by Crippen LogP contribution is -2.12. The molecule has 0 unspecified atom stereocenters. The maximum absolute atomic E-state index is 12.6. The normalized spacial score (nSPS) is 11.5. The molecule has 0 aromatic heterocycles. The minimum absolute atomic E-state index is 0.108. The van der Waals surface area contributed by atoms with Gasteiger partial charge in [-0.15, -0.1) is 0 Å². The number of carbonyl (C=O) groups is 1. The molecule has 0 spiro atoms. The summed E-state index contributed by atoms with van der Waals surface area (Å²) in [5, 5.41) is 0. The molecular formula is C12H12F3O. The van der Waals surface area contributed by atoms with Crippen LogP contribution in [0.25, 0.3) is 0 Å². The molecule has 0 saturated carbocycles. The van der Waals surface area contributed by atoms with Gasteiger partial charge in [0, 0.05) is 12.0 Å². The highest BCUT2D eigenvalue weighted by Crippen LogP contribution is 2.32. The molecule has 0 fully saturated rings. The molecule has 0 N–H and O–H groups in total. The van der Waals surface area contributed by atoms with E-state index in [4.69, 9.17) is 0 Å². The molecule has 1 aromatic carbocycles. The molecule has 1 radical (unpaired) electrons. The summed E-state index contributed by atoms with van der Waals surface area (Å²) in [6.07, 6.45) is -3.32. The quantitative estimate of drug-likeness (QED) is 0.716. The van der Waals surface area contributed by atoms with Gasteiger partial charge in [-0.05, 0) is 12.5 Å². The number of unbranched alkanes of at least 4 members (excludes halogenated alkanes) is 1. The number of hydrogen-bond donors (Lipinski definition) is 0. The summed E-state index contributed by atoms with van der Waals surface area (Å²) < 4.78 is 37.7. The Hall–Kier alpha value is -1.32. The number of ketones is 1. The molecular weight excluding hydrogens is 217 g/mol. The highest BCUT2D eigenvalue weighted by atomic mass is 19.4. The Kier molecular flexibility index (Phi) is 4.10. The average molecular weight is 229 g/mol. The highest BCUT2D eigenvalue weighted by molar-refractivity contribution is 5.97. The second kappa shape index (κ2) is 5.14. The molecule has 1 nitrogen and oxygen atoms in total. The van der Waals surface area contributed by atoms with Gasteiger partial charge in [0.25, 0.3) is 0 Å². The van der Waals surface area contributed by atoms with Crippen LogP contribution < -0.4 is 0 Å². The highest BCUT2D eigenvalue weighted by Gasteiger charge is 2.34. The summed E-state index contributed by atoms with van der Waals surface area (Å²) in [4.78, 5) is 11.5. The SMILES string of the molecule is [CH2]CCCC(=O)c1ccccc1C(F)(F)F. The van der Waals surface area contributed by atoms with Gasteiger partial charge in [-0.1, -0.05) is 31.5 Å². The number of hydrogen-bond acceptors (Lipinski definition) is 1. The van der Waals surface area contributed by atoms with Gasteiger partial charge in [-0.2, -0.15) is 13.2 Å². The minimum Gasteiger partial charge on any atom is -0.294 e. The van der Waals surface area contributed by atoms with Crippen molar-refractivity contribution in [1.82, 2.24) is 0 Å². The number of halogens is 3. The monoisotopic (exact) mass is 229 g/mol. The smallest absolute Gasteiger partial charge is 0.294 e. The summed E-state index contributed by atoms with van der Waals surface area (Å²) in [6, 6.07) is 4.86. The first kappa shape index (κ1) is 12.7. The second-order valence-electron chi connectivity index (χ2n) is 3.42. The van der Waals surface area contributed by atoms with E-state index in [1.165, 1.54) is 18.2 Å². The van der Waals surface area contributed by atoms with Crippen molar-refractivity contribution in [3.05, 3.63) is 42.3 Å². The summed E-state index contributed by atoms with van der Waals surface area (Å²) in [5.74, 6) is -0.475. The van der Waals surface area contributed by atoms with Crippen LogP contribution in [0.15, 0.2) is 24.3 Å². The van der Waals surface area contributed by atoms with Crippen LogP contribution in [0.4, 0.5) is 13.2 Å². The topological polar surface area (TPSA) is 17.1 Å². The molecule has 0 saturated heterocycles. The second-order valence-corrected chi connectivity index (χ2v) is 3.42. The fourth-order valence-electron chi connectivity index (χ4n) is 1.39. The molecule has 0 heterocycles. The molecule has 87 valence electrons. The summed E-state index contributed by atoms with van der Waals surface area (Å²) in [7, 11) is 0. The van der Waals surface area contributed by atoms with Gasteiger partial charge in [0.2, 0.25) is 0 Å². The van der Waals surface area contributed by atoms with Crippen LogP contribution >= 0.6 is 0 Å². The van der Waals surface area contributed by atoms with Crippen LogP contribution in [0.3, 0.4) is 0 Å². The van der Waals surface area contributed by atoms with Crippen molar-refractivity contribution in [3.63, 3.8) is 0 Å². The van der Waals surface area contributed by atoms with E-state index in [-0.39, 0.29) is 12.0 Å². The Morgan fingerprint density at radius 3 is 2.44 bits per heavy atom. The van der Waals surface area contributed by atoms with Crippen molar-refractivity contribution in [2.75, 3.05) is 0 Å². The van der Waals surface area contributed by atoms with E-state index in [1.54, 1.807) is 0 Å². The summed E-state index contributed by atoms with van der Waals surface area (Å²) in [5.41, 5.74) is -1.10. The first-order valence-corrected chi connectivity index (χ1v) is 4.95. The van der Waals surface area contributed by atoms with Gasteiger partial charge in [-0.25, -0.2) is 0 Å². The van der Waals surface area contributed by atoms with E-state index in [2.05, 4.69) is 6.92 Å². The van der Waals surface area contributed by atoms with Crippen molar-refractivity contribution in [1.29, 1.82) is 0 Å². The van der Waals surface area contributed by atoms with E-state index < -0.39 is 17.5 Å². The van der Waals surface area contributed by atoms with Gasteiger partial charge in [0.05, 0.1) is 5.56 Å². The fourth-order valence-corrected chi connectivity index (χ4v) is 1.39. The number of benzene rings is 1. The first-order chi connectivity index (χ1) is 7.46. The van der Waals surface area contributed by atoms with Crippen molar-refractivity contribution < 1.29 is 18.0 Å². The van der Waals surface area contributed by atoms with E-state index in [0.29, 0.717) is 12.8 Å². The van der Waals surface area contributed by atoms with Gasteiger partial charge in [0.15, 0.2) is 5.78 Å². The van der Waals surface area contributed by atoms with Gasteiger partial charge >= 0.3 is 6.18 Å². The predicted molar refractivity (Wildman–Crippen MR) is 55.0 cm³/mol. The van der Waals surface area contributed by atoms with Crippen LogP contribution in [0.5, 0.6) is 0 Å². The molecule has 0 aliphatic heterocycles. The van der Waals surface area contributed by atoms with Crippen molar-refractivity contribution in [2.45, 2.75) is 25.4 Å². The molecule has 0 aliphatic rings. The Morgan fingerprint density at radius 2 is 1.88 bits per heavy atom. The molecule has 1 rings (SSSR count). The van der Waals surface area contributed by atoms with Crippen LogP contribution in [-0.2, 0) is 6.18 Å². The Bertz CT molecular complexity index is 369. The molecule has 0 amide bonds. The molecule has 0 aliphatic carbocycles. The van der Waals surface area contributed by atoms with E-state index in [0.717, 1.165) is 6.07 Å². The Balaban J connectivity index is 3.00. The fraction of sp³-hybridized carbons (Fsp3) is 0.333. The third-order valence-corrected chi connectivity index (χ3v) is 2.19. The third kappa shape index (κ3) is 3.08. The van der Waals surface area contributed by atoms with Crippen LogP contribution in [0.1, 0.15) is 35.2 Å². The largest absolute Gasteiger partial charge is 0.417 e. The third-order valence-electron chi connectivity index (χ3n) is 2.19.